The van der Waals surface area contributed by atoms with Crippen LogP contribution in [-0.2, 0) is 13.0 Å². The van der Waals surface area contributed by atoms with E-state index in [0.29, 0.717) is 0 Å². The molecule has 2 heteroatoms. The summed E-state index contributed by atoms with van der Waals surface area (Å²) < 4.78 is 0. The maximum atomic E-state index is 6.05. The van der Waals surface area contributed by atoms with Crippen LogP contribution in [0.4, 0.5) is 0 Å². The molecular formula is C16H16BN. The zero-order chi connectivity index (χ0) is 12.7. The summed E-state index contributed by atoms with van der Waals surface area (Å²) in [5.74, 6) is 0. The molecule has 0 spiro atoms. The highest BCUT2D eigenvalue weighted by molar-refractivity contribution is 6.32. The Morgan fingerprint density at radius 1 is 1.11 bits per heavy atom. The van der Waals surface area contributed by atoms with Crippen LogP contribution in [0, 0.1) is 0 Å². The van der Waals surface area contributed by atoms with Gasteiger partial charge in [-0.2, -0.15) is 0 Å². The zero-order valence-electron chi connectivity index (χ0n) is 10.9. The van der Waals surface area contributed by atoms with Gasteiger partial charge in [-0.25, -0.2) is 0 Å². The summed E-state index contributed by atoms with van der Waals surface area (Å²) in [6.45, 7) is 0.946. The molecule has 0 aromatic heterocycles. The van der Waals surface area contributed by atoms with Crippen molar-refractivity contribution in [3.05, 3.63) is 53.1 Å². The second kappa shape index (κ2) is 4.29. The van der Waals surface area contributed by atoms with Crippen LogP contribution < -0.4 is 5.46 Å². The normalized spacial score (nSPS) is 12.6. The first-order valence-electron chi connectivity index (χ1n) is 6.29. The van der Waals surface area contributed by atoms with Crippen LogP contribution in [0.2, 0.25) is 0 Å². The molecule has 0 heterocycles. The van der Waals surface area contributed by atoms with E-state index in [1.54, 1.807) is 0 Å². The minimum absolute atomic E-state index is 0.863. The molecule has 0 aliphatic heterocycles. The molecule has 2 radical (unpaired) electrons. The van der Waals surface area contributed by atoms with Crippen molar-refractivity contribution in [3.63, 3.8) is 0 Å². The smallest absolute Gasteiger partial charge is 0.113 e. The van der Waals surface area contributed by atoms with E-state index in [4.69, 9.17) is 7.85 Å². The summed E-state index contributed by atoms with van der Waals surface area (Å²) in [6, 6.07) is 12.8. The molecule has 0 N–H and O–H groups in total. The predicted molar refractivity (Wildman–Crippen MR) is 77.5 cm³/mol. The maximum absolute atomic E-state index is 6.05. The minimum Gasteiger partial charge on any atom is -0.305 e. The van der Waals surface area contributed by atoms with Crippen LogP contribution in [0.5, 0.6) is 0 Å². The van der Waals surface area contributed by atoms with E-state index in [1.165, 1.54) is 27.8 Å². The number of rotatable bonds is 2. The number of benzene rings is 2. The molecule has 2 aromatic rings. The second-order valence-electron chi connectivity index (χ2n) is 5.28. The van der Waals surface area contributed by atoms with Crippen molar-refractivity contribution in [1.82, 2.24) is 4.90 Å². The topological polar surface area (TPSA) is 3.24 Å². The molecule has 18 heavy (non-hydrogen) atoms. The van der Waals surface area contributed by atoms with Crippen LogP contribution in [0.1, 0.15) is 16.7 Å². The third kappa shape index (κ3) is 1.87. The summed E-state index contributed by atoms with van der Waals surface area (Å²) in [6.07, 6.45) is 1.04. The Hall–Kier alpha value is -1.54. The van der Waals surface area contributed by atoms with E-state index in [1.807, 2.05) is 0 Å². The summed E-state index contributed by atoms with van der Waals surface area (Å²) in [5.41, 5.74) is 7.74. The Bertz CT molecular complexity index is 602. The van der Waals surface area contributed by atoms with Gasteiger partial charge in [-0.15, -0.1) is 0 Å². The lowest BCUT2D eigenvalue weighted by Crippen LogP contribution is -2.15. The molecular weight excluding hydrogens is 217 g/mol. The highest BCUT2D eigenvalue weighted by Crippen LogP contribution is 2.37. The van der Waals surface area contributed by atoms with Gasteiger partial charge in [-0.1, -0.05) is 41.9 Å². The molecule has 2 aromatic carbocycles. The van der Waals surface area contributed by atoms with Gasteiger partial charge in [-0.3, -0.25) is 0 Å². The fraction of sp³-hybridized carbons (Fsp3) is 0.250. The highest BCUT2D eigenvalue weighted by atomic mass is 15.0. The van der Waals surface area contributed by atoms with E-state index in [0.717, 1.165) is 18.4 Å². The average molecular weight is 233 g/mol. The molecule has 88 valence electrons. The molecule has 1 aliphatic rings. The molecule has 0 unspecified atom stereocenters. The highest BCUT2D eigenvalue weighted by Gasteiger charge is 2.20. The van der Waals surface area contributed by atoms with Crippen LogP contribution in [-0.4, -0.2) is 26.8 Å². The zero-order valence-corrected chi connectivity index (χ0v) is 10.9. The van der Waals surface area contributed by atoms with Crippen molar-refractivity contribution in [3.8, 4) is 11.1 Å². The third-order valence-corrected chi connectivity index (χ3v) is 3.53. The van der Waals surface area contributed by atoms with Crippen molar-refractivity contribution in [1.29, 1.82) is 0 Å². The van der Waals surface area contributed by atoms with Gasteiger partial charge >= 0.3 is 0 Å². The number of nitrogens with zero attached hydrogens (tertiary/aromatic N) is 1. The van der Waals surface area contributed by atoms with Gasteiger partial charge in [0.05, 0.1) is 0 Å². The van der Waals surface area contributed by atoms with Gasteiger partial charge < -0.3 is 4.90 Å². The fourth-order valence-electron chi connectivity index (χ4n) is 2.82. The van der Waals surface area contributed by atoms with Crippen molar-refractivity contribution >= 4 is 13.3 Å². The molecule has 0 saturated carbocycles. The lowest BCUT2D eigenvalue weighted by Gasteiger charge is -2.15. The van der Waals surface area contributed by atoms with Gasteiger partial charge in [0.25, 0.3) is 0 Å². The molecule has 0 bridgehead atoms. The fourth-order valence-corrected chi connectivity index (χ4v) is 2.82. The standard InChI is InChI=1S/C16H16BN/c1-18(2)10-12-7-13(17)9-16-14-6-4-3-5-11(14)8-15(12)16/h3-7,9H,8,10H2,1-2H3. The van der Waals surface area contributed by atoms with E-state index in [2.05, 4.69) is 55.4 Å². The van der Waals surface area contributed by atoms with E-state index in [-0.39, 0.29) is 0 Å². The van der Waals surface area contributed by atoms with E-state index >= 15 is 0 Å². The maximum Gasteiger partial charge on any atom is 0.113 e. The SMILES string of the molecule is [B]c1cc(CN(C)C)c2c(c1)-c1ccccc1C2. The van der Waals surface area contributed by atoms with E-state index < -0.39 is 0 Å². The molecule has 0 atom stereocenters. The molecule has 1 aliphatic carbocycles. The van der Waals surface area contributed by atoms with Gasteiger partial charge in [0.15, 0.2) is 0 Å². The molecule has 0 amide bonds. The summed E-state index contributed by atoms with van der Waals surface area (Å²) in [7, 11) is 10.2. The van der Waals surface area contributed by atoms with Crippen LogP contribution in [0.25, 0.3) is 11.1 Å². The van der Waals surface area contributed by atoms with Crippen molar-refractivity contribution in [2.24, 2.45) is 0 Å². The quantitative estimate of drug-likeness (QED) is 0.613. The van der Waals surface area contributed by atoms with E-state index in [9.17, 15) is 0 Å². The number of hydrogen-bond donors (Lipinski definition) is 0. The van der Waals surface area contributed by atoms with Crippen LogP contribution in [0.3, 0.4) is 0 Å². The van der Waals surface area contributed by atoms with Gasteiger partial charge in [0, 0.05) is 6.54 Å². The third-order valence-electron chi connectivity index (χ3n) is 3.53. The molecule has 0 fully saturated rings. The number of hydrogen-bond acceptors (Lipinski definition) is 1. The Labute approximate surface area is 110 Å². The largest absolute Gasteiger partial charge is 0.305 e. The Morgan fingerprint density at radius 3 is 2.67 bits per heavy atom. The Morgan fingerprint density at radius 2 is 1.89 bits per heavy atom. The second-order valence-corrected chi connectivity index (χ2v) is 5.28. The van der Waals surface area contributed by atoms with Crippen LogP contribution >= 0.6 is 0 Å². The summed E-state index contributed by atoms with van der Waals surface area (Å²) >= 11 is 0. The monoisotopic (exact) mass is 233 g/mol. The molecule has 1 nitrogen and oxygen atoms in total. The molecule has 3 rings (SSSR count). The van der Waals surface area contributed by atoms with Gasteiger partial charge in [-0.05, 0) is 48.3 Å². The summed E-state index contributed by atoms with van der Waals surface area (Å²) in [5, 5.41) is 0. The lowest BCUT2D eigenvalue weighted by atomic mass is 9.88. The lowest BCUT2D eigenvalue weighted by molar-refractivity contribution is 0.401. The number of fused-ring (bicyclic) bond motifs is 3. The summed E-state index contributed by atoms with van der Waals surface area (Å²) in [4.78, 5) is 2.19. The molecule has 0 saturated heterocycles. The minimum atomic E-state index is 0.863. The first kappa shape index (κ1) is 11.5. The van der Waals surface area contributed by atoms with Crippen molar-refractivity contribution in [2.75, 3.05) is 14.1 Å². The Balaban J connectivity index is 2.16. The first-order valence-corrected chi connectivity index (χ1v) is 6.29. The average Bonchev–Trinajstić information content (AvgIpc) is 2.67. The van der Waals surface area contributed by atoms with Gasteiger partial charge in [0.2, 0.25) is 0 Å². The van der Waals surface area contributed by atoms with Crippen molar-refractivity contribution in [2.45, 2.75) is 13.0 Å². The predicted octanol–water partition coefficient (Wildman–Crippen LogP) is 2.11. The Kier molecular flexibility index (Phi) is 2.75. The van der Waals surface area contributed by atoms with Crippen LogP contribution in [0.15, 0.2) is 36.4 Å². The first-order chi connectivity index (χ1) is 8.65. The van der Waals surface area contributed by atoms with Crippen molar-refractivity contribution < 1.29 is 0 Å². The van der Waals surface area contributed by atoms with Gasteiger partial charge in [0.1, 0.15) is 7.85 Å².